The molecular formula is C14H24O4. The Bertz CT molecular complexity index is 280. The quantitative estimate of drug-likeness (QED) is 0.685. The van der Waals surface area contributed by atoms with Gasteiger partial charge < -0.3 is 9.47 Å². The number of rotatable bonds is 6. The molecular weight excluding hydrogens is 232 g/mol. The van der Waals surface area contributed by atoms with Gasteiger partial charge in [0, 0.05) is 6.42 Å². The molecule has 0 heterocycles. The van der Waals surface area contributed by atoms with E-state index in [9.17, 15) is 9.59 Å². The van der Waals surface area contributed by atoms with Crippen LogP contribution in [0.3, 0.4) is 0 Å². The smallest absolute Gasteiger partial charge is 0.309 e. The summed E-state index contributed by atoms with van der Waals surface area (Å²) in [4.78, 5) is 22.7. The first kappa shape index (κ1) is 15.0. The fourth-order valence-electron chi connectivity index (χ4n) is 2.37. The van der Waals surface area contributed by atoms with Gasteiger partial charge in [0.15, 0.2) is 0 Å². The molecule has 104 valence electrons. The summed E-state index contributed by atoms with van der Waals surface area (Å²) >= 11 is 0. The van der Waals surface area contributed by atoms with Crippen molar-refractivity contribution in [2.24, 2.45) is 0 Å². The third-order valence-corrected chi connectivity index (χ3v) is 3.60. The summed E-state index contributed by atoms with van der Waals surface area (Å²) in [5.74, 6) is -0.520. The minimum absolute atomic E-state index is 0.130. The number of hydrogen-bond acceptors (Lipinski definition) is 4. The van der Waals surface area contributed by atoms with Gasteiger partial charge in [-0.25, -0.2) is 0 Å². The Hall–Kier alpha value is -1.06. The summed E-state index contributed by atoms with van der Waals surface area (Å²) in [6.45, 7) is 3.93. The maximum Gasteiger partial charge on any atom is 0.309 e. The molecule has 0 aromatic heterocycles. The number of esters is 2. The van der Waals surface area contributed by atoms with Crippen LogP contribution in [0, 0.1) is 0 Å². The Labute approximate surface area is 109 Å². The van der Waals surface area contributed by atoms with E-state index in [4.69, 9.17) is 9.47 Å². The van der Waals surface area contributed by atoms with Crippen LogP contribution in [0.5, 0.6) is 0 Å². The van der Waals surface area contributed by atoms with Crippen molar-refractivity contribution in [3.63, 3.8) is 0 Å². The molecule has 0 aromatic carbocycles. The van der Waals surface area contributed by atoms with Crippen LogP contribution in [-0.2, 0) is 19.1 Å². The molecule has 0 atom stereocenters. The van der Waals surface area contributed by atoms with Crippen molar-refractivity contribution in [2.75, 3.05) is 6.61 Å². The van der Waals surface area contributed by atoms with Gasteiger partial charge >= 0.3 is 11.9 Å². The third-order valence-electron chi connectivity index (χ3n) is 3.60. The highest BCUT2D eigenvalue weighted by molar-refractivity contribution is 5.72. The zero-order valence-electron chi connectivity index (χ0n) is 11.5. The molecule has 0 bridgehead atoms. The van der Waals surface area contributed by atoms with E-state index in [1.807, 2.05) is 0 Å². The van der Waals surface area contributed by atoms with Crippen molar-refractivity contribution in [2.45, 2.75) is 70.8 Å². The first-order valence-corrected chi connectivity index (χ1v) is 6.99. The maximum atomic E-state index is 11.7. The fourth-order valence-corrected chi connectivity index (χ4v) is 2.37. The van der Waals surface area contributed by atoms with Crippen molar-refractivity contribution in [3.05, 3.63) is 0 Å². The first-order valence-electron chi connectivity index (χ1n) is 6.99. The highest BCUT2D eigenvalue weighted by atomic mass is 16.6. The minimum atomic E-state index is -0.273. The van der Waals surface area contributed by atoms with Crippen LogP contribution in [0.2, 0.25) is 0 Å². The van der Waals surface area contributed by atoms with E-state index in [1.165, 1.54) is 6.42 Å². The molecule has 1 aliphatic carbocycles. The van der Waals surface area contributed by atoms with E-state index in [1.54, 1.807) is 6.92 Å². The molecule has 4 nitrogen and oxygen atoms in total. The molecule has 0 radical (unpaired) electrons. The summed E-state index contributed by atoms with van der Waals surface area (Å²) < 4.78 is 10.5. The Balaban J connectivity index is 2.31. The molecule has 1 saturated carbocycles. The Morgan fingerprint density at radius 3 is 2.28 bits per heavy atom. The zero-order chi connectivity index (χ0) is 13.4. The summed E-state index contributed by atoms with van der Waals surface area (Å²) in [6.07, 6.45) is 6.79. The second-order valence-corrected chi connectivity index (χ2v) is 4.90. The predicted molar refractivity (Wildman–Crippen MR) is 68.1 cm³/mol. The maximum absolute atomic E-state index is 11.7. The topological polar surface area (TPSA) is 52.6 Å². The Morgan fingerprint density at radius 1 is 1.06 bits per heavy atom. The van der Waals surface area contributed by atoms with Crippen molar-refractivity contribution in [3.8, 4) is 0 Å². The van der Waals surface area contributed by atoms with Crippen LogP contribution < -0.4 is 0 Å². The van der Waals surface area contributed by atoms with Gasteiger partial charge in [0.1, 0.15) is 12.2 Å². The average Bonchev–Trinajstić information content (AvgIpc) is 2.39. The van der Waals surface area contributed by atoms with Gasteiger partial charge in [-0.1, -0.05) is 20.3 Å². The lowest BCUT2D eigenvalue weighted by Crippen LogP contribution is -2.36. The number of ether oxygens (including phenoxy) is 2. The number of hydrogen-bond donors (Lipinski definition) is 0. The molecule has 0 amide bonds. The van der Waals surface area contributed by atoms with Gasteiger partial charge in [-0.2, -0.15) is 0 Å². The number of carbonyl (C=O) groups excluding carboxylic acids is 2. The van der Waals surface area contributed by atoms with E-state index >= 15 is 0 Å². The Morgan fingerprint density at radius 2 is 1.72 bits per heavy atom. The van der Waals surface area contributed by atoms with Crippen molar-refractivity contribution in [1.82, 2.24) is 0 Å². The van der Waals surface area contributed by atoms with Gasteiger partial charge in [-0.15, -0.1) is 0 Å². The lowest BCUT2D eigenvalue weighted by molar-refractivity contribution is -0.165. The second-order valence-electron chi connectivity index (χ2n) is 4.90. The molecule has 0 spiro atoms. The molecule has 0 unspecified atom stereocenters. The van der Waals surface area contributed by atoms with Gasteiger partial charge in [0.2, 0.25) is 0 Å². The van der Waals surface area contributed by atoms with Gasteiger partial charge in [-0.05, 0) is 32.1 Å². The van der Waals surface area contributed by atoms with Gasteiger partial charge in [-0.3, -0.25) is 9.59 Å². The van der Waals surface area contributed by atoms with Crippen LogP contribution in [-0.4, -0.2) is 24.1 Å². The molecule has 0 saturated heterocycles. The summed E-state index contributed by atoms with van der Waals surface area (Å²) in [7, 11) is 0. The summed E-state index contributed by atoms with van der Waals surface area (Å²) in [5, 5.41) is 0. The van der Waals surface area contributed by atoms with Crippen LogP contribution in [0.15, 0.2) is 0 Å². The van der Waals surface area contributed by atoms with Crippen LogP contribution in [0.1, 0.15) is 65.2 Å². The highest BCUT2D eigenvalue weighted by Crippen LogP contribution is 2.34. The van der Waals surface area contributed by atoms with Crippen molar-refractivity contribution >= 4 is 11.9 Å². The lowest BCUT2D eigenvalue weighted by atomic mass is 9.83. The molecule has 0 aromatic rings. The molecule has 1 rings (SSSR count). The number of carbonyl (C=O) groups is 2. The standard InChI is InChI=1S/C14H24O4/c1-3-12(15)17-11-8-13(16)18-14(4-2)9-6-5-7-10-14/h3-11H2,1-2H3. The van der Waals surface area contributed by atoms with E-state index in [0.29, 0.717) is 6.42 Å². The third kappa shape index (κ3) is 4.67. The van der Waals surface area contributed by atoms with Crippen LogP contribution in [0.25, 0.3) is 0 Å². The van der Waals surface area contributed by atoms with E-state index in [0.717, 1.165) is 32.1 Å². The summed E-state index contributed by atoms with van der Waals surface area (Å²) in [6, 6.07) is 0. The first-order chi connectivity index (χ1) is 8.62. The van der Waals surface area contributed by atoms with E-state index in [2.05, 4.69) is 6.92 Å². The second kappa shape index (κ2) is 7.39. The molecule has 1 aliphatic rings. The lowest BCUT2D eigenvalue weighted by Gasteiger charge is -2.36. The highest BCUT2D eigenvalue weighted by Gasteiger charge is 2.33. The molecule has 18 heavy (non-hydrogen) atoms. The predicted octanol–water partition coefficient (Wildman–Crippen LogP) is 2.99. The van der Waals surface area contributed by atoms with Crippen LogP contribution >= 0.6 is 0 Å². The molecule has 0 N–H and O–H groups in total. The SMILES string of the molecule is CCC(=O)OCCC(=O)OC1(CC)CCCCC1. The Kier molecular flexibility index (Phi) is 6.16. The fraction of sp³-hybridized carbons (Fsp3) is 0.857. The molecule has 4 heteroatoms. The average molecular weight is 256 g/mol. The minimum Gasteiger partial charge on any atom is -0.465 e. The normalized spacial score (nSPS) is 18.1. The van der Waals surface area contributed by atoms with Crippen molar-refractivity contribution < 1.29 is 19.1 Å². The monoisotopic (exact) mass is 256 g/mol. The largest absolute Gasteiger partial charge is 0.465 e. The van der Waals surface area contributed by atoms with Crippen molar-refractivity contribution in [1.29, 1.82) is 0 Å². The zero-order valence-corrected chi connectivity index (χ0v) is 11.5. The van der Waals surface area contributed by atoms with Gasteiger partial charge in [0.05, 0.1) is 6.42 Å². The van der Waals surface area contributed by atoms with E-state index < -0.39 is 0 Å². The van der Waals surface area contributed by atoms with Gasteiger partial charge in [0.25, 0.3) is 0 Å². The molecule has 0 aliphatic heterocycles. The van der Waals surface area contributed by atoms with E-state index in [-0.39, 0.29) is 30.6 Å². The van der Waals surface area contributed by atoms with Crippen LogP contribution in [0.4, 0.5) is 0 Å². The summed E-state index contributed by atoms with van der Waals surface area (Å²) in [5.41, 5.74) is -0.260. The molecule has 1 fully saturated rings.